The minimum absolute atomic E-state index is 0.266. The Kier molecular flexibility index (Phi) is 6.41. The van der Waals surface area contributed by atoms with E-state index in [1.807, 2.05) is 12.1 Å². The van der Waals surface area contributed by atoms with Crippen molar-refractivity contribution in [3.63, 3.8) is 0 Å². The van der Waals surface area contributed by atoms with Crippen molar-refractivity contribution in [1.29, 1.82) is 0 Å². The Bertz CT molecular complexity index is 1320. The number of hydrogen-bond donors (Lipinski definition) is 2. The van der Waals surface area contributed by atoms with Crippen molar-refractivity contribution >= 4 is 34.9 Å². The van der Waals surface area contributed by atoms with Gasteiger partial charge in [0.1, 0.15) is 11.5 Å². The zero-order valence-corrected chi connectivity index (χ0v) is 18.5. The van der Waals surface area contributed by atoms with Crippen LogP contribution in [0.4, 0.5) is 10.1 Å². The van der Waals surface area contributed by atoms with E-state index in [-0.39, 0.29) is 17.4 Å². The van der Waals surface area contributed by atoms with E-state index in [0.717, 1.165) is 27.4 Å². The fourth-order valence-corrected chi connectivity index (χ4v) is 4.09. The number of hydrogen-bond acceptors (Lipinski definition) is 5. The van der Waals surface area contributed by atoms with Crippen molar-refractivity contribution in [2.75, 3.05) is 5.32 Å². The zero-order valence-electron chi connectivity index (χ0n) is 17.7. The lowest BCUT2D eigenvalue weighted by Gasteiger charge is -2.05. The first-order valence-corrected chi connectivity index (χ1v) is 10.9. The van der Waals surface area contributed by atoms with Crippen LogP contribution in [0.25, 0.3) is 17.3 Å². The quantitative estimate of drug-likeness (QED) is 0.406. The Morgan fingerprint density at radius 1 is 1.15 bits per heavy atom. The van der Waals surface area contributed by atoms with Gasteiger partial charge in [0.05, 0.1) is 16.9 Å². The number of nitrogens with one attached hydrogen (secondary N) is 1. The number of aromatic nitrogens is 3. The number of rotatable bonds is 7. The number of thiazole rings is 1. The minimum atomic E-state index is -0.542. The first kappa shape index (κ1) is 22.1. The normalized spacial score (nSPS) is 11.1. The first-order valence-electron chi connectivity index (χ1n) is 9.99. The maximum atomic E-state index is 13.2. The van der Waals surface area contributed by atoms with Crippen LogP contribution in [-0.2, 0) is 18.3 Å². The monoisotopic (exact) mass is 461 g/mol. The van der Waals surface area contributed by atoms with Crippen LogP contribution in [0.3, 0.4) is 0 Å². The van der Waals surface area contributed by atoms with Crippen LogP contribution in [0, 0.1) is 5.82 Å². The SMILES string of the molecule is Cn1ncc(/C=C/C(=O)Nc2ccc(Cc3nc(C(N)=O)cs3)cc2)c1-c1ccc(F)cc1. The topological polar surface area (TPSA) is 103 Å². The van der Waals surface area contributed by atoms with E-state index in [4.69, 9.17) is 5.73 Å². The predicted molar refractivity (Wildman–Crippen MR) is 126 cm³/mol. The molecule has 0 radical (unpaired) electrons. The van der Waals surface area contributed by atoms with Gasteiger partial charge in [-0.1, -0.05) is 12.1 Å². The van der Waals surface area contributed by atoms with Crippen LogP contribution in [0.1, 0.15) is 26.6 Å². The zero-order chi connectivity index (χ0) is 23.4. The van der Waals surface area contributed by atoms with Crippen LogP contribution >= 0.6 is 11.3 Å². The van der Waals surface area contributed by atoms with E-state index < -0.39 is 5.91 Å². The molecular weight excluding hydrogens is 441 g/mol. The van der Waals surface area contributed by atoms with E-state index in [9.17, 15) is 14.0 Å². The summed E-state index contributed by atoms with van der Waals surface area (Å²) >= 11 is 1.38. The second kappa shape index (κ2) is 9.58. The number of nitrogens with two attached hydrogens (primary N) is 1. The van der Waals surface area contributed by atoms with Crippen molar-refractivity contribution in [1.82, 2.24) is 14.8 Å². The van der Waals surface area contributed by atoms with Gasteiger partial charge in [-0.15, -0.1) is 11.3 Å². The molecule has 0 fully saturated rings. The molecule has 3 N–H and O–H groups in total. The molecule has 2 heterocycles. The smallest absolute Gasteiger partial charge is 0.268 e. The summed E-state index contributed by atoms with van der Waals surface area (Å²) in [7, 11) is 1.79. The van der Waals surface area contributed by atoms with Crippen LogP contribution in [0.2, 0.25) is 0 Å². The second-order valence-corrected chi connectivity index (χ2v) is 8.21. The highest BCUT2D eigenvalue weighted by Gasteiger charge is 2.10. The third-order valence-electron chi connectivity index (χ3n) is 4.88. The van der Waals surface area contributed by atoms with Gasteiger partial charge in [0, 0.05) is 41.7 Å². The Labute approximate surface area is 193 Å². The number of anilines is 1. The average molecular weight is 462 g/mol. The molecule has 9 heteroatoms. The Hall–Kier alpha value is -4.11. The summed E-state index contributed by atoms with van der Waals surface area (Å²) in [6.07, 6.45) is 5.33. The molecule has 0 saturated heterocycles. The molecule has 0 aliphatic carbocycles. The molecule has 0 saturated carbocycles. The lowest BCUT2D eigenvalue weighted by Crippen LogP contribution is -2.11. The first-order chi connectivity index (χ1) is 15.9. The summed E-state index contributed by atoms with van der Waals surface area (Å²) in [5.74, 6) is -1.15. The molecule has 7 nitrogen and oxygen atoms in total. The fourth-order valence-electron chi connectivity index (χ4n) is 3.27. The summed E-state index contributed by atoms with van der Waals surface area (Å²) in [6.45, 7) is 0. The largest absolute Gasteiger partial charge is 0.364 e. The summed E-state index contributed by atoms with van der Waals surface area (Å²) < 4.78 is 14.9. The van der Waals surface area contributed by atoms with Crippen LogP contribution in [0.5, 0.6) is 0 Å². The second-order valence-electron chi connectivity index (χ2n) is 7.27. The molecule has 0 aliphatic rings. The molecular formula is C24H20FN5O2S. The van der Waals surface area contributed by atoms with E-state index in [2.05, 4.69) is 15.4 Å². The molecule has 33 heavy (non-hydrogen) atoms. The van der Waals surface area contributed by atoms with Gasteiger partial charge in [0.15, 0.2) is 0 Å². The maximum absolute atomic E-state index is 13.2. The lowest BCUT2D eigenvalue weighted by atomic mass is 10.1. The number of amides is 2. The van der Waals surface area contributed by atoms with E-state index in [1.54, 1.807) is 53.6 Å². The number of carbonyl (C=O) groups is 2. The molecule has 0 bridgehead atoms. The summed E-state index contributed by atoms with van der Waals surface area (Å²) in [6, 6.07) is 13.5. The highest BCUT2D eigenvalue weighted by molar-refractivity contribution is 7.09. The molecule has 0 aliphatic heterocycles. The van der Waals surface area contributed by atoms with Gasteiger partial charge in [-0.25, -0.2) is 9.37 Å². The highest BCUT2D eigenvalue weighted by atomic mass is 32.1. The number of primary amides is 1. The highest BCUT2D eigenvalue weighted by Crippen LogP contribution is 2.24. The molecule has 4 aromatic rings. The summed E-state index contributed by atoms with van der Waals surface area (Å²) in [4.78, 5) is 27.8. The number of aryl methyl sites for hydroxylation is 1. The summed E-state index contributed by atoms with van der Waals surface area (Å²) in [5.41, 5.74) is 9.47. The molecule has 0 unspecified atom stereocenters. The molecule has 2 aromatic carbocycles. The standard InChI is InChI=1S/C24H20FN5O2S/c1-30-23(16-4-7-18(25)8-5-16)17(13-27-30)6-11-21(31)28-19-9-2-15(3-10-19)12-22-29-20(14-33-22)24(26)32/h2-11,13-14H,12H2,1H3,(H2,26,32)(H,28,31)/b11-6+. The van der Waals surface area contributed by atoms with Gasteiger partial charge in [-0.3, -0.25) is 14.3 Å². The predicted octanol–water partition coefficient (Wildman–Crippen LogP) is 4.02. The lowest BCUT2D eigenvalue weighted by molar-refractivity contribution is -0.111. The van der Waals surface area contributed by atoms with Crippen LogP contribution in [0.15, 0.2) is 66.2 Å². The van der Waals surface area contributed by atoms with Gasteiger partial charge < -0.3 is 11.1 Å². The van der Waals surface area contributed by atoms with E-state index in [0.29, 0.717) is 12.1 Å². The fraction of sp³-hybridized carbons (Fsp3) is 0.0833. The van der Waals surface area contributed by atoms with Gasteiger partial charge in [-0.05, 0) is 48.0 Å². The number of benzene rings is 2. The summed E-state index contributed by atoms with van der Waals surface area (Å²) in [5, 5.41) is 9.49. The van der Waals surface area contributed by atoms with E-state index >= 15 is 0 Å². The molecule has 0 spiro atoms. The molecule has 2 amide bonds. The van der Waals surface area contributed by atoms with Crippen molar-refractivity contribution in [3.8, 4) is 11.3 Å². The van der Waals surface area contributed by atoms with Gasteiger partial charge >= 0.3 is 0 Å². The molecule has 0 atom stereocenters. The number of nitrogens with zero attached hydrogens (tertiary/aromatic N) is 3. The third-order valence-corrected chi connectivity index (χ3v) is 5.73. The third kappa shape index (κ3) is 5.39. The molecule has 4 rings (SSSR count). The Balaban J connectivity index is 1.40. The molecule has 166 valence electrons. The van der Waals surface area contributed by atoms with Gasteiger partial charge in [0.25, 0.3) is 5.91 Å². The van der Waals surface area contributed by atoms with Crippen LogP contribution in [-0.4, -0.2) is 26.6 Å². The maximum Gasteiger partial charge on any atom is 0.268 e. The van der Waals surface area contributed by atoms with Gasteiger partial charge in [-0.2, -0.15) is 5.10 Å². The van der Waals surface area contributed by atoms with Crippen molar-refractivity contribution in [2.24, 2.45) is 12.8 Å². The number of halogens is 1. The van der Waals surface area contributed by atoms with E-state index in [1.165, 1.54) is 29.5 Å². The average Bonchev–Trinajstić information content (AvgIpc) is 3.41. The van der Waals surface area contributed by atoms with Gasteiger partial charge in [0.2, 0.25) is 5.91 Å². The Morgan fingerprint density at radius 2 is 1.88 bits per heavy atom. The molecule has 2 aromatic heterocycles. The number of carbonyl (C=O) groups excluding carboxylic acids is 2. The van der Waals surface area contributed by atoms with Crippen molar-refractivity contribution in [2.45, 2.75) is 6.42 Å². The Morgan fingerprint density at radius 3 is 2.55 bits per heavy atom. The van der Waals surface area contributed by atoms with Crippen molar-refractivity contribution in [3.05, 3.63) is 93.8 Å². The van der Waals surface area contributed by atoms with Crippen molar-refractivity contribution < 1.29 is 14.0 Å². The van der Waals surface area contributed by atoms with Crippen LogP contribution < -0.4 is 11.1 Å². The minimum Gasteiger partial charge on any atom is -0.364 e.